The fourth-order valence-corrected chi connectivity index (χ4v) is 2.68. The third kappa shape index (κ3) is 3.78. The van der Waals surface area contributed by atoms with Gasteiger partial charge in [-0.3, -0.25) is 10.1 Å². The molecule has 0 bridgehead atoms. The molecule has 0 aliphatic heterocycles. The van der Waals surface area contributed by atoms with Crippen LogP contribution in [0.4, 0.5) is 17.5 Å². The molecule has 1 aromatic rings. The van der Waals surface area contributed by atoms with E-state index in [1.807, 2.05) is 0 Å². The van der Waals surface area contributed by atoms with E-state index in [0.29, 0.717) is 18.0 Å². The molecule has 116 valence electrons. The van der Waals surface area contributed by atoms with E-state index in [9.17, 15) is 10.1 Å². The van der Waals surface area contributed by atoms with Crippen LogP contribution >= 0.6 is 0 Å². The van der Waals surface area contributed by atoms with Gasteiger partial charge < -0.3 is 15.5 Å². The van der Waals surface area contributed by atoms with Gasteiger partial charge in [-0.15, -0.1) is 0 Å². The van der Waals surface area contributed by atoms with Crippen LogP contribution in [0.25, 0.3) is 0 Å². The normalized spacial score (nSPS) is 22.1. The van der Waals surface area contributed by atoms with Crippen molar-refractivity contribution in [2.45, 2.75) is 37.8 Å². The van der Waals surface area contributed by atoms with Gasteiger partial charge in [-0.1, -0.05) is 0 Å². The Morgan fingerprint density at radius 1 is 1.33 bits per heavy atom. The number of hydrogen-bond acceptors (Lipinski definition) is 7. The molecule has 0 unspecified atom stereocenters. The Morgan fingerprint density at radius 2 is 2.00 bits per heavy atom. The lowest BCUT2D eigenvalue weighted by Gasteiger charge is -2.32. The first kappa shape index (κ1) is 15.4. The Balaban J connectivity index is 1.99. The summed E-state index contributed by atoms with van der Waals surface area (Å²) in [6, 6.07) is 0.959. The molecule has 0 saturated heterocycles. The Hall–Kier alpha value is -1.96. The summed E-state index contributed by atoms with van der Waals surface area (Å²) in [6.07, 6.45) is 5.62. The summed E-state index contributed by atoms with van der Waals surface area (Å²) in [5.41, 5.74) is -0.112. The van der Waals surface area contributed by atoms with Gasteiger partial charge in [0.05, 0.1) is 4.92 Å². The van der Waals surface area contributed by atoms with Crippen molar-refractivity contribution >= 4 is 17.5 Å². The molecule has 0 aromatic carbocycles. The highest BCUT2D eigenvalue weighted by Crippen LogP contribution is 2.25. The van der Waals surface area contributed by atoms with Crippen LogP contribution in [0, 0.1) is 10.1 Å². The van der Waals surface area contributed by atoms with E-state index in [4.69, 9.17) is 0 Å². The topological polar surface area (TPSA) is 96.2 Å². The predicted molar refractivity (Wildman–Crippen MR) is 81.6 cm³/mol. The zero-order valence-electron chi connectivity index (χ0n) is 12.7. The van der Waals surface area contributed by atoms with E-state index in [-0.39, 0.29) is 11.5 Å². The molecule has 21 heavy (non-hydrogen) atoms. The van der Waals surface area contributed by atoms with Crippen molar-refractivity contribution in [3.8, 4) is 0 Å². The number of nitro groups is 1. The van der Waals surface area contributed by atoms with E-state index >= 15 is 0 Å². The van der Waals surface area contributed by atoms with Gasteiger partial charge in [-0.25, -0.2) is 4.98 Å². The number of nitrogens with one attached hydrogen (secondary N) is 2. The molecular formula is C13H22N6O2. The van der Waals surface area contributed by atoms with E-state index in [0.717, 1.165) is 25.7 Å². The highest BCUT2D eigenvalue weighted by Gasteiger charge is 2.23. The maximum Gasteiger partial charge on any atom is 0.329 e. The van der Waals surface area contributed by atoms with E-state index in [2.05, 4.69) is 39.6 Å². The molecule has 0 radical (unpaired) electrons. The van der Waals surface area contributed by atoms with Gasteiger partial charge in [0.2, 0.25) is 11.8 Å². The largest absolute Gasteiger partial charge is 0.367 e. The second kappa shape index (κ2) is 6.66. The summed E-state index contributed by atoms with van der Waals surface area (Å²) < 4.78 is 0. The lowest BCUT2D eigenvalue weighted by Crippen LogP contribution is -2.36. The monoisotopic (exact) mass is 294 g/mol. The van der Waals surface area contributed by atoms with Gasteiger partial charge in [-0.2, -0.15) is 4.98 Å². The molecule has 8 heteroatoms. The van der Waals surface area contributed by atoms with Crippen molar-refractivity contribution < 1.29 is 4.92 Å². The van der Waals surface area contributed by atoms with Crippen LogP contribution in [0.5, 0.6) is 0 Å². The second-order valence-electron chi connectivity index (χ2n) is 5.55. The SMILES string of the molecule is CNc1nc(NC2CCC(N(C)C)CC2)ncc1[N+](=O)[O-]. The number of aromatic nitrogens is 2. The number of nitrogens with zero attached hydrogens (tertiary/aromatic N) is 4. The third-order valence-electron chi connectivity index (χ3n) is 3.96. The Kier molecular flexibility index (Phi) is 4.89. The number of rotatable bonds is 5. The second-order valence-corrected chi connectivity index (χ2v) is 5.55. The van der Waals surface area contributed by atoms with Crippen LogP contribution in [-0.4, -0.2) is 53.0 Å². The number of anilines is 2. The molecule has 1 heterocycles. The van der Waals surface area contributed by atoms with Crippen molar-refractivity contribution in [2.75, 3.05) is 31.8 Å². The van der Waals surface area contributed by atoms with Crippen LogP contribution in [-0.2, 0) is 0 Å². The minimum atomic E-state index is -0.488. The quantitative estimate of drug-likeness (QED) is 0.630. The van der Waals surface area contributed by atoms with Gasteiger partial charge in [0.25, 0.3) is 0 Å². The first-order valence-corrected chi connectivity index (χ1v) is 7.13. The average molecular weight is 294 g/mol. The summed E-state index contributed by atoms with van der Waals surface area (Å²) in [4.78, 5) is 20.8. The van der Waals surface area contributed by atoms with Crippen molar-refractivity contribution in [1.82, 2.24) is 14.9 Å². The van der Waals surface area contributed by atoms with E-state index in [1.54, 1.807) is 7.05 Å². The van der Waals surface area contributed by atoms with Crippen LogP contribution in [0.2, 0.25) is 0 Å². The van der Waals surface area contributed by atoms with Crippen molar-refractivity contribution in [1.29, 1.82) is 0 Å². The minimum absolute atomic E-state index is 0.112. The molecule has 1 saturated carbocycles. The molecule has 1 fully saturated rings. The van der Waals surface area contributed by atoms with Gasteiger partial charge >= 0.3 is 5.69 Å². The molecule has 0 amide bonds. The zero-order chi connectivity index (χ0) is 15.4. The van der Waals surface area contributed by atoms with Gasteiger partial charge in [-0.05, 0) is 39.8 Å². The average Bonchev–Trinajstić information content (AvgIpc) is 2.47. The lowest BCUT2D eigenvalue weighted by atomic mass is 9.91. The van der Waals surface area contributed by atoms with Crippen molar-refractivity contribution in [3.05, 3.63) is 16.3 Å². The van der Waals surface area contributed by atoms with Crippen molar-refractivity contribution in [3.63, 3.8) is 0 Å². The highest BCUT2D eigenvalue weighted by atomic mass is 16.6. The predicted octanol–water partition coefficient (Wildman–Crippen LogP) is 1.71. The summed E-state index contributed by atoms with van der Waals surface area (Å²) in [5, 5.41) is 16.9. The molecule has 1 aromatic heterocycles. The van der Waals surface area contributed by atoms with Gasteiger partial charge in [0, 0.05) is 19.1 Å². The molecule has 2 rings (SSSR count). The van der Waals surface area contributed by atoms with Crippen LogP contribution in [0.3, 0.4) is 0 Å². The molecule has 1 aliphatic rings. The van der Waals surface area contributed by atoms with Crippen LogP contribution in [0.15, 0.2) is 6.20 Å². The maximum atomic E-state index is 10.8. The first-order chi connectivity index (χ1) is 10.0. The Bertz CT molecular complexity index is 499. The summed E-state index contributed by atoms with van der Waals surface area (Å²) in [6.45, 7) is 0. The Labute approximate surface area is 124 Å². The molecule has 2 N–H and O–H groups in total. The molecule has 0 spiro atoms. The fraction of sp³-hybridized carbons (Fsp3) is 0.692. The third-order valence-corrected chi connectivity index (χ3v) is 3.96. The molecule has 1 aliphatic carbocycles. The summed E-state index contributed by atoms with van der Waals surface area (Å²) >= 11 is 0. The van der Waals surface area contributed by atoms with Gasteiger partial charge in [0.15, 0.2) is 0 Å². The first-order valence-electron chi connectivity index (χ1n) is 7.13. The Morgan fingerprint density at radius 3 is 2.52 bits per heavy atom. The van der Waals surface area contributed by atoms with Gasteiger partial charge in [0.1, 0.15) is 6.20 Å². The van der Waals surface area contributed by atoms with Crippen LogP contribution < -0.4 is 10.6 Å². The smallest absolute Gasteiger partial charge is 0.329 e. The molecular weight excluding hydrogens is 272 g/mol. The summed E-state index contributed by atoms with van der Waals surface area (Å²) in [5.74, 6) is 0.678. The number of hydrogen-bond donors (Lipinski definition) is 2. The maximum absolute atomic E-state index is 10.8. The minimum Gasteiger partial charge on any atom is -0.367 e. The highest BCUT2D eigenvalue weighted by molar-refractivity contribution is 5.56. The molecule has 0 atom stereocenters. The van der Waals surface area contributed by atoms with E-state index < -0.39 is 4.92 Å². The zero-order valence-corrected chi connectivity index (χ0v) is 12.7. The van der Waals surface area contributed by atoms with E-state index in [1.165, 1.54) is 6.20 Å². The van der Waals surface area contributed by atoms with Crippen LogP contribution in [0.1, 0.15) is 25.7 Å². The summed E-state index contributed by atoms with van der Waals surface area (Å²) in [7, 11) is 5.83. The molecule has 8 nitrogen and oxygen atoms in total. The lowest BCUT2D eigenvalue weighted by molar-refractivity contribution is -0.384. The fourth-order valence-electron chi connectivity index (χ4n) is 2.68. The van der Waals surface area contributed by atoms with Crippen molar-refractivity contribution in [2.24, 2.45) is 0 Å². The standard InChI is InChI=1S/C13H22N6O2/c1-14-12-11(19(20)21)8-15-13(17-12)16-9-4-6-10(7-5-9)18(2)3/h8-10H,4-7H2,1-3H3,(H2,14,15,16,17).